The molecule has 0 spiro atoms. The van der Waals surface area contributed by atoms with Gasteiger partial charge >= 0.3 is 6.18 Å². The predicted molar refractivity (Wildman–Crippen MR) is 111 cm³/mol. The highest BCUT2D eigenvalue weighted by Gasteiger charge is 2.38. The van der Waals surface area contributed by atoms with Crippen molar-refractivity contribution in [3.8, 4) is 11.5 Å². The molecule has 30 heavy (non-hydrogen) atoms. The minimum absolute atomic E-state index is 0.0249. The van der Waals surface area contributed by atoms with Crippen LogP contribution in [0, 0.1) is 20.8 Å². The summed E-state index contributed by atoms with van der Waals surface area (Å²) < 4.78 is 51.3. The van der Waals surface area contributed by atoms with Gasteiger partial charge in [0.15, 0.2) is 5.71 Å². The normalized spacial score (nSPS) is 12.3. The Morgan fingerprint density at radius 2 is 1.67 bits per heavy atom. The third-order valence-electron chi connectivity index (χ3n) is 4.40. The van der Waals surface area contributed by atoms with E-state index in [1.807, 2.05) is 45.1 Å². The summed E-state index contributed by atoms with van der Waals surface area (Å²) in [7, 11) is 1.09. The zero-order valence-electron chi connectivity index (χ0n) is 17.8. The summed E-state index contributed by atoms with van der Waals surface area (Å²) in [4.78, 5) is 4.37. The van der Waals surface area contributed by atoms with E-state index in [0.29, 0.717) is 12.2 Å². The molecule has 0 aromatic heterocycles. The van der Waals surface area contributed by atoms with Crippen LogP contribution in [0.3, 0.4) is 0 Å². The summed E-state index contributed by atoms with van der Waals surface area (Å²) in [5, 5.41) is 3.15. The third kappa shape index (κ3) is 6.02. The summed E-state index contributed by atoms with van der Waals surface area (Å²) in [6.45, 7) is 8.10. The molecule has 0 bridgehead atoms. The molecule has 7 heteroatoms. The highest BCUT2D eigenvalue weighted by atomic mass is 19.4. The number of nitrogens with zero attached hydrogens (tertiary/aromatic N) is 1. The Morgan fingerprint density at radius 3 is 2.20 bits per heavy atom. The fourth-order valence-corrected chi connectivity index (χ4v) is 3.04. The fraction of sp³-hybridized carbons (Fsp3) is 0.348. The van der Waals surface area contributed by atoms with E-state index in [0.717, 1.165) is 35.3 Å². The number of halogens is 3. The predicted octanol–water partition coefficient (Wildman–Crippen LogP) is 6.06. The van der Waals surface area contributed by atoms with Crippen molar-refractivity contribution in [3.63, 3.8) is 0 Å². The lowest BCUT2D eigenvalue weighted by Crippen LogP contribution is -2.25. The number of alkyl halides is 3. The fourth-order valence-electron chi connectivity index (χ4n) is 3.04. The molecule has 0 amide bonds. The topological polar surface area (TPSA) is 40.0 Å². The molecular formula is C23H26F3NO3. The molecule has 0 aliphatic heterocycles. The van der Waals surface area contributed by atoms with E-state index >= 15 is 0 Å². The Kier molecular flexibility index (Phi) is 7.92. The van der Waals surface area contributed by atoms with Gasteiger partial charge in [-0.1, -0.05) is 35.5 Å². The van der Waals surface area contributed by atoms with E-state index < -0.39 is 11.9 Å². The molecule has 0 N–H and O–H groups in total. The highest BCUT2D eigenvalue weighted by molar-refractivity contribution is 6.05. The Morgan fingerprint density at radius 1 is 1.00 bits per heavy atom. The molecule has 0 atom stereocenters. The molecule has 0 radical (unpaired) electrons. The van der Waals surface area contributed by atoms with Gasteiger partial charge in [-0.05, 0) is 62.1 Å². The van der Waals surface area contributed by atoms with E-state index in [9.17, 15) is 13.2 Å². The molecule has 0 heterocycles. The minimum atomic E-state index is -4.61. The Balaban J connectivity index is 2.17. The number of ether oxygens (including phenoxy) is 2. The number of allylic oxidation sites excluding steroid dienone is 1. The smallest absolute Gasteiger partial charge is 0.437 e. The lowest BCUT2D eigenvalue weighted by atomic mass is 10.0. The molecule has 0 saturated heterocycles. The molecule has 4 nitrogen and oxygen atoms in total. The monoisotopic (exact) mass is 421 g/mol. The van der Waals surface area contributed by atoms with Gasteiger partial charge in [0.1, 0.15) is 31.8 Å². The molecule has 162 valence electrons. The number of oxime groups is 1. The zero-order valence-corrected chi connectivity index (χ0v) is 17.8. The van der Waals surface area contributed by atoms with Gasteiger partial charge in [0.25, 0.3) is 0 Å². The summed E-state index contributed by atoms with van der Waals surface area (Å²) in [6, 6.07) is 8.44. The molecule has 0 aliphatic rings. The number of aryl methyl sites for hydroxylation is 3. The summed E-state index contributed by atoms with van der Waals surface area (Å²) >= 11 is 0. The van der Waals surface area contributed by atoms with E-state index in [1.54, 1.807) is 19.1 Å². The van der Waals surface area contributed by atoms with Crippen LogP contribution in [-0.2, 0) is 11.4 Å². The maximum absolute atomic E-state index is 13.2. The van der Waals surface area contributed by atoms with E-state index in [1.165, 1.54) is 6.07 Å². The number of rotatable bonds is 8. The standard InChI is InChI=1S/C23H26F3NO3/c1-6-7-10-29-19-12-16(3)21(17(4)13-19)30-14-18-8-9-20(15(2)11-18)22(27-28-5)23(24,25)26/h6-9,11-13H,10,14H2,1-5H3/b7-6+,27-22+. The lowest BCUT2D eigenvalue weighted by Gasteiger charge is -2.16. The number of hydrogen-bond donors (Lipinski definition) is 0. The maximum atomic E-state index is 13.2. The van der Waals surface area contributed by atoms with Crippen molar-refractivity contribution >= 4 is 5.71 Å². The van der Waals surface area contributed by atoms with Crippen molar-refractivity contribution in [1.82, 2.24) is 0 Å². The molecule has 2 rings (SSSR count). The van der Waals surface area contributed by atoms with Crippen LogP contribution in [0.15, 0.2) is 47.6 Å². The molecule has 2 aromatic rings. The summed E-state index contributed by atoms with van der Waals surface area (Å²) in [5.74, 6) is 1.49. The number of benzene rings is 2. The van der Waals surface area contributed by atoms with Gasteiger partial charge in [-0.2, -0.15) is 13.2 Å². The van der Waals surface area contributed by atoms with Crippen LogP contribution in [0.25, 0.3) is 0 Å². The van der Waals surface area contributed by atoms with Crippen LogP contribution in [0.4, 0.5) is 13.2 Å². The average Bonchev–Trinajstić information content (AvgIpc) is 2.65. The minimum Gasteiger partial charge on any atom is -0.490 e. The summed E-state index contributed by atoms with van der Waals surface area (Å²) in [5.41, 5.74) is 1.95. The van der Waals surface area contributed by atoms with E-state index in [-0.39, 0.29) is 12.2 Å². The van der Waals surface area contributed by atoms with Crippen LogP contribution in [0.2, 0.25) is 0 Å². The van der Waals surface area contributed by atoms with Gasteiger partial charge < -0.3 is 14.3 Å². The van der Waals surface area contributed by atoms with Gasteiger partial charge in [0, 0.05) is 5.56 Å². The van der Waals surface area contributed by atoms with Gasteiger partial charge in [0.2, 0.25) is 0 Å². The van der Waals surface area contributed by atoms with Crippen molar-refractivity contribution in [2.24, 2.45) is 5.16 Å². The summed E-state index contributed by atoms with van der Waals surface area (Å²) in [6.07, 6.45) is -0.768. The second kappa shape index (κ2) is 10.2. The SMILES string of the molecule is C/C=C/COc1cc(C)c(OCc2ccc(/C(=N\OC)C(F)(F)F)c(C)c2)c(C)c1. The van der Waals surface area contributed by atoms with Crippen molar-refractivity contribution in [3.05, 3.63) is 70.3 Å². The van der Waals surface area contributed by atoms with Crippen molar-refractivity contribution < 1.29 is 27.5 Å². The Bertz CT molecular complexity index is 911. The average molecular weight is 421 g/mol. The third-order valence-corrected chi connectivity index (χ3v) is 4.40. The zero-order chi connectivity index (χ0) is 22.3. The Hall–Kier alpha value is -2.96. The van der Waals surface area contributed by atoms with Gasteiger partial charge in [-0.15, -0.1) is 0 Å². The second-order valence-electron chi connectivity index (χ2n) is 6.82. The van der Waals surface area contributed by atoms with Crippen LogP contribution in [0.1, 0.15) is 34.7 Å². The molecular weight excluding hydrogens is 395 g/mol. The molecule has 0 aliphatic carbocycles. The maximum Gasteiger partial charge on any atom is 0.437 e. The quantitative estimate of drug-likeness (QED) is 0.296. The van der Waals surface area contributed by atoms with Crippen LogP contribution in [0.5, 0.6) is 11.5 Å². The number of hydrogen-bond acceptors (Lipinski definition) is 4. The van der Waals surface area contributed by atoms with Crippen LogP contribution in [-0.4, -0.2) is 25.6 Å². The molecule has 2 aromatic carbocycles. The molecule has 0 saturated carbocycles. The van der Waals surface area contributed by atoms with Crippen LogP contribution < -0.4 is 9.47 Å². The van der Waals surface area contributed by atoms with Crippen LogP contribution >= 0.6 is 0 Å². The van der Waals surface area contributed by atoms with Gasteiger partial charge in [-0.25, -0.2) is 0 Å². The van der Waals surface area contributed by atoms with Crippen molar-refractivity contribution in [1.29, 1.82) is 0 Å². The highest BCUT2D eigenvalue weighted by Crippen LogP contribution is 2.30. The first-order valence-corrected chi connectivity index (χ1v) is 9.43. The first-order chi connectivity index (χ1) is 14.2. The van der Waals surface area contributed by atoms with E-state index in [4.69, 9.17) is 9.47 Å². The molecule has 0 unspecified atom stereocenters. The van der Waals surface area contributed by atoms with E-state index in [2.05, 4.69) is 9.99 Å². The van der Waals surface area contributed by atoms with Gasteiger partial charge in [0.05, 0.1) is 0 Å². The molecule has 0 fully saturated rings. The van der Waals surface area contributed by atoms with Crippen molar-refractivity contribution in [2.75, 3.05) is 13.7 Å². The Labute approximate surface area is 174 Å². The lowest BCUT2D eigenvalue weighted by molar-refractivity contribution is -0.0608. The van der Waals surface area contributed by atoms with Crippen molar-refractivity contribution in [2.45, 2.75) is 40.5 Å². The van der Waals surface area contributed by atoms with Gasteiger partial charge in [-0.3, -0.25) is 0 Å². The first kappa shape index (κ1) is 23.3. The second-order valence-corrected chi connectivity index (χ2v) is 6.82. The largest absolute Gasteiger partial charge is 0.490 e. The first-order valence-electron chi connectivity index (χ1n) is 9.43.